The molecule has 0 saturated carbocycles. The SMILES string of the molecule is Cc1c(-c2ccccc2)c2cc(Cl)cc3c2n1CC3. The molecule has 2 aromatic carbocycles. The number of nitrogens with zero attached hydrogens (tertiary/aromatic N) is 1. The summed E-state index contributed by atoms with van der Waals surface area (Å²) in [7, 11) is 0. The Hall–Kier alpha value is -1.73. The predicted molar refractivity (Wildman–Crippen MR) is 80.8 cm³/mol. The predicted octanol–water partition coefficient (Wildman–Crippen LogP) is 4.83. The molecular weight excluding hydrogens is 254 g/mol. The van der Waals surface area contributed by atoms with E-state index in [9.17, 15) is 0 Å². The Balaban J connectivity index is 2.15. The van der Waals surface area contributed by atoms with Gasteiger partial charge in [0.25, 0.3) is 0 Å². The van der Waals surface area contributed by atoms with Crippen LogP contribution in [-0.4, -0.2) is 4.57 Å². The van der Waals surface area contributed by atoms with Gasteiger partial charge in [-0.25, -0.2) is 0 Å². The maximum Gasteiger partial charge on any atom is 0.0523 e. The fourth-order valence-electron chi connectivity index (χ4n) is 3.33. The van der Waals surface area contributed by atoms with E-state index in [2.05, 4.69) is 54.0 Å². The van der Waals surface area contributed by atoms with Gasteiger partial charge in [0.1, 0.15) is 0 Å². The van der Waals surface area contributed by atoms with Crippen LogP contribution in [0, 0.1) is 6.92 Å². The third-order valence-electron chi connectivity index (χ3n) is 4.13. The minimum Gasteiger partial charge on any atom is -0.344 e. The normalized spacial score (nSPS) is 13.4. The summed E-state index contributed by atoms with van der Waals surface area (Å²) in [5.74, 6) is 0. The molecule has 0 aliphatic carbocycles. The highest BCUT2D eigenvalue weighted by Gasteiger charge is 2.22. The average molecular weight is 268 g/mol. The molecule has 4 rings (SSSR count). The number of hydrogen-bond donors (Lipinski definition) is 0. The summed E-state index contributed by atoms with van der Waals surface area (Å²) >= 11 is 6.29. The third-order valence-corrected chi connectivity index (χ3v) is 4.34. The fraction of sp³-hybridized carbons (Fsp3) is 0.176. The summed E-state index contributed by atoms with van der Waals surface area (Å²) in [6, 6.07) is 14.8. The first-order valence-corrected chi connectivity index (χ1v) is 7.00. The molecule has 1 nitrogen and oxygen atoms in total. The number of halogens is 1. The quantitative estimate of drug-likeness (QED) is 0.595. The summed E-state index contributed by atoms with van der Waals surface area (Å²) in [6.45, 7) is 3.29. The average Bonchev–Trinajstić information content (AvgIpc) is 2.94. The van der Waals surface area contributed by atoms with E-state index in [1.807, 2.05) is 0 Å². The van der Waals surface area contributed by atoms with Crippen molar-refractivity contribution in [3.05, 3.63) is 58.7 Å². The summed E-state index contributed by atoms with van der Waals surface area (Å²) in [4.78, 5) is 0. The van der Waals surface area contributed by atoms with Crippen molar-refractivity contribution in [1.29, 1.82) is 0 Å². The van der Waals surface area contributed by atoms with E-state index in [1.165, 1.54) is 33.3 Å². The van der Waals surface area contributed by atoms with Crippen molar-refractivity contribution in [3.63, 3.8) is 0 Å². The van der Waals surface area contributed by atoms with Crippen molar-refractivity contribution in [1.82, 2.24) is 4.57 Å². The summed E-state index contributed by atoms with van der Waals surface area (Å²) in [6.07, 6.45) is 1.10. The largest absolute Gasteiger partial charge is 0.344 e. The van der Waals surface area contributed by atoms with Crippen LogP contribution in [0.3, 0.4) is 0 Å². The van der Waals surface area contributed by atoms with Gasteiger partial charge in [0.05, 0.1) is 5.52 Å². The van der Waals surface area contributed by atoms with Crippen LogP contribution < -0.4 is 0 Å². The highest BCUT2D eigenvalue weighted by atomic mass is 35.5. The minimum atomic E-state index is 0.846. The van der Waals surface area contributed by atoms with Gasteiger partial charge in [0.2, 0.25) is 0 Å². The maximum atomic E-state index is 6.29. The molecule has 0 bridgehead atoms. The monoisotopic (exact) mass is 267 g/mol. The molecule has 2 heterocycles. The van der Waals surface area contributed by atoms with Gasteiger partial charge < -0.3 is 4.57 Å². The third kappa shape index (κ3) is 1.48. The molecule has 0 amide bonds. The molecule has 0 spiro atoms. The van der Waals surface area contributed by atoms with Crippen LogP contribution in [0.4, 0.5) is 0 Å². The molecule has 94 valence electrons. The number of aryl methyl sites for hydroxylation is 2. The zero-order valence-corrected chi connectivity index (χ0v) is 11.5. The number of rotatable bonds is 1. The van der Waals surface area contributed by atoms with E-state index >= 15 is 0 Å². The van der Waals surface area contributed by atoms with Crippen molar-refractivity contribution in [3.8, 4) is 11.1 Å². The Morgan fingerprint density at radius 1 is 1.11 bits per heavy atom. The van der Waals surface area contributed by atoms with Crippen LogP contribution >= 0.6 is 11.6 Å². The number of hydrogen-bond acceptors (Lipinski definition) is 0. The second-order valence-electron chi connectivity index (χ2n) is 5.19. The molecule has 0 saturated heterocycles. The first-order chi connectivity index (χ1) is 9.25. The Bertz CT molecular complexity index is 784. The van der Waals surface area contributed by atoms with Crippen molar-refractivity contribution in [2.75, 3.05) is 0 Å². The van der Waals surface area contributed by atoms with Crippen LogP contribution in [0.25, 0.3) is 22.0 Å². The van der Waals surface area contributed by atoms with E-state index in [4.69, 9.17) is 11.6 Å². The van der Waals surface area contributed by atoms with Crippen LogP contribution in [-0.2, 0) is 13.0 Å². The standard InChI is InChI=1S/C17H14ClN/c1-11-16(12-5-3-2-4-6-12)15-10-14(18)9-13-7-8-19(11)17(13)15/h2-6,9-10H,7-8H2,1H3. The highest BCUT2D eigenvalue weighted by Crippen LogP contribution is 2.40. The van der Waals surface area contributed by atoms with Gasteiger partial charge in [-0.05, 0) is 36.6 Å². The Labute approximate surface area is 117 Å². The van der Waals surface area contributed by atoms with Crippen molar-refractivity contribution >= 4 is 22.5 Å². The minimum absolute atomic E-state index is 0.846. The lowest BCUT2D eigenvalue weighted by Gasteiger charge is -2.05. The van der Waals surface area contributed by atoms with Crippen molar-refractivity contribution in [2.24, 2.45) is 0 Å². The number of benzene rings is 2. The lowest BCUT2D eigenvalue weighted by Crippen LogP contribution is -1.95. The smallest absolute Gasteiger partial charge is 0.0523 e. The van der Waals surface area contributed by atoms with Gasteiger partial charge in [-0.3, -0.25) is 0 Å². The molecule has 0 N–H and O–H groups in total. The zero-order chi connectivity index (χ0) is 13.0. The van der Waals surface area contributed by atoms with E-state index in [0.29, 0.717) is 0 Å². The molecule has 2 heteroatoms. The summed E-state index contributed by atoms with van der Waals surface area (Å²) < 4.78 is 2.43. The lowest BCUT2D eigenvalue weighted by atomic mass is 10.0. The van der Waals surface area contributed by atoms with E-state index in [0.717, 1.165) is 18.0 Å². The second-order valence-corrected chi connectivity index (χ2v) is 5.63. The summed E-state index contributed by atoms with van der Waals surface area (Å²) in [5, 5.41) is 2.14. The van der Waals surface area contributed by atoms with Crippen LogP contribution in [0.2, 0.25) is 5.02 Å². The van der Waals surface area contributed by atoms with Crippen LogP contribution in [0.15, 0.2) is 42.5 Å². The van der Waals surface area contributed by atoms with Gasteiger partial charge in [-0.2, -0.15) is 0 Å². The molecule has 1 aliphatic rings. The molecule has 1 aromatic heterocycles. The molecule has 19 heavy (non-hydrogen) atoms. The molecule has 0 fully saturated rings. The molecule has 0 unspecified atom stereocenters. The second kappa shape index (κ2) is 3.88. The number of aromatic nitrogens is 1. The maximum absolute atomic E-state index is 6.29. The topological polar surface area (TPSA) is 4.93 Å². The molecular formula is C17H14ClN. The first-order valence-electron chi connectivity index (χ1n) is 6.62. The molecule has 3 aromatic rings. The van der Waals surface area contributed by atoms with E-state index < -0.39 is 0 Å². The Kier molecular flexibility index (Phi) is 2.27. The molecule has 0 radical (unpaired) electrons. The van der Waals surface area contributed by atoms with Gasteiger partial charge >= 0.3 is 0 Å². The summed E-state index contributed by atoms with van der Waals surface area (Å²) in [5.41, 5.74) is 6.72. The Morgan fingerprint density at radius 2 is 1.89 bits per heavy atom. The first kappa shape index (κ1) is 11.1. The van der Waals surface area contributed by atoms with E-state index in [-0.39, 0.29) is 0 Å². The van der Waals surface area contributed by atoms with Crippen LogP contribution in [0.1, 0.15) is 11.3 Å². The van der Waals surface area contributed by atoms with Crippen molar-refractivity contribution in [2.45, 2.75) is 19.9 Å². The van der Waals surface area contributed by atoms with Crippen LogP contribution in [0.5, 0.6) is 0 Å². The van der Waals surface area contributed by atoms with Crippen molar-refractivity contribution < 1.29 is 0 Å². The highest BCUT2D eigenvalue weighted by molar-refractivity contribution is 6.31. The molecule has 1 aliphatic heterocycles. The van der Waals surface area contributed by atoms with Gasteiger partial charge in [-0.1, -0.05) is 41.9 Å². The van der Waals surface area contributed by atoms with E-state index in [1.54, 1.807) is 0 Å². The fourth-order valence-corrected chi connectivity index (χ4v) is 3.57. The van der Waals surface area contributed by atoms with Gasteiger partial charge in [-0.15, -0.1) is 0 Å². The lowest BCUT2D eigenvalue weighted by molar-refractivity contribution is 0.749. The Morgan fingerprint density at radius 3 is 2.68 bits per heavy atom. The zero-order valence-electron chi connectivity index (χ0n) is 10.8. The van der Waals surface area contributed by atoms with Gasteiger partial charge in [0, 0.05) is 28.2 Å². The molecule has 0 atom stereocenters. The van der Waals surface area contributed by atoms with Gasteiger partial charge in [0.15, 0.2) is 0 Å².